The van der Waals surface area contributed by atoms with E-state index in [2.05, 4.69) is 33.8 Å². The summed E-state index contributed by atoms with van der Waals surface area (Å²) in [5, 5.41) is 9.19. The van der Waals surface area contributed by atoms with Crippen LogP contribution in [0.1, 0.15) is 65.7 Å². The topological polar surface area (TPSA) is 40.9 Å². The van der Waals surface area contributed by atoms with Gasteiger partial charge in [-0.3, -0.25) is 4.79 Å². The van der Waals surface area contributed by atoms with Crippen LogP contribution in [0, 0.1) is 16.7 Å². The number of fused-ring (bicyclic) bond motifs is 1. The number of rotatable bonds is 1. The minimum atomic E-state index is -0.00892. The minimum Gasteiger partial charge on any atom is -0.294 e. The molecule has 0 fully saturated rings. The molecule has 0 saturated carbocycles. The molecule has 1 aromatic heterocycles. The highest BCUT2D eigenvalue weighted by Crippen LogP contribution is 2.43. The molecule has 2 rings (SSSR count). The third-order valence-corrected chi connectivity index (χ3v) is 4.67. The normalized spacial score (nSPS) is 18.0. The Kier molecular flexibility index (Phi) is 2.87. The number of hydrogen-bond donors (Lipinski definition) is 0. The fourth-order valence-electron chi connectivity index (χ4n) is 2.52. The summed E-state index contributed by atoms with van der Waals surface area (Å²) in [5.74, 6) is 0.540. The molecular formula is C14H17NOS. The Morgan fingerprint density at radius 3 is 2.53 bits per heavy atom. The highest BCUT2D eigenvalue weighted by Gasteiger charge is 2.36. The highest BCUT2D eigenvalue weighted by atomic mass is 32.1. The SMILES string of the molecule is CC(C)c1sc(C#N)c2c1C(=O)CC(C)(C)C2. The van der Waals surface area contributed by atoms with E-state index in [1.165, 1.54) is 11.3 Å². The van der Waals surface area contributed by atoms with Crippen molar-refractivity contribution in [2.24, 2.45) is 5.41 Å². The van der Waals surface area contributed by atoms with Gasteiger partial charge < -0.3 is 0 Å². The highest BCUT2D eigenvalue weighted by molar-refractivity contribution is 7.13. The summed E-state index contributed by atoms with van der Waals surface area (Å²) < 4.78 is 0. The summed E-state index contributed by atoms with van der Waals surface area (Å²) in [6, 6.07) is 2.26. The molecule has 0 unspecified atom stereocenters. The molecule has 90 valence electrons. The van der Waals surface area contributed by atoms with Gasteiger partial charge in [0, 0.05) is 16.9 Å². The van der Waals surface area contributed by atoms with Crippen LogP contribution in [0.3, 0.4) is 0 Å². The molecule has 0 aromatic carbocycles. The van der Waals surface area contributed by atoms with Crippen molar-refractivity contribution in [3.63, 3.8) is 0 Å². The Bertz CT molecular complexity index is 517. The average Bonchev–Trinajstić information content (AvgIpc) is 2.54. The fraction of sp³-hybridized carbons (Fsp3) is 0.571. The van der Waals surface area contributed by atoms with Gasteiger partial charge in [-0.05, 0) is 23.3 Å². The molecule has 2 nitrogen and oxygen atoms in total. The molecule has 3 heteroatoms. The van der Waals surface area contributed by atoms with E-state index >= 15 is 0 Å². The summed E-state index contributed by atoms with van der Waals surface area (Å²) in [6.45, 7) is 8.37. The van der Waals surface area contributed by atoms with Gasteiger partial charge >= 0.3 is 0 Å². The summed E-state index contributed by atoms with van der Waals surface area (Å²) in [7, 11) is 0. The van der Waals surface area contributed by atoms with Crippen LogP contribution in [0.25, 0.3) is 0 Å². The molecule has 0 atom stereocenters. The van der Waals surface area contributed by atoms with Crippen molar-refractivity contribution in [2.45, 2.75) is 46.5 Å². The van der Waals surface area contributed by atoms with Gasteiger partial charge in [-0.2, -0.15) is 5.26 Å². The number of hydrogen-bond acceptors (Lipinski definition) is 3. The van der Waals surface area contributed by atoms with Gasteiger partial charge in [-0.25, -0.2) is 0 Å². The minimum absolute atomic E-state index is 0.00892. The standard InChI is InChI=1S/C14H17NOS/c1-8(2)13-12-9(11(7-15)17-13)5-14(3,4)6-10(12)16/h8H,5-6H2,1-4H3. The van der Waals surface area contributed by atoms with Gasteiger partial charge in [0.25, 0.3) is 0 Å². The van der Waals surface area contributed by atoms with Crippen molar-refractivity contribution >= 4 is 17.1 Å². The Labute approximate surface area is 106 Å². The molecule has 0 amide bonds. The predicted octanol–water partition coefficient (Wildman–Crippen LogP) is 3.90. The second-order valence-corrected chi connectivity index (χ2v) is 6.91. The summed E-state index contributed by atoms with van der Waals surface area (Å²) in [4.78, 5) is 14.1. The molecule has 0 spiro atoms. The van der Waals surface area contributed by atoms with E-state index < -0.39 is 0 Å². The van der Waals surface area contributed by atoms with Crippen LogP contribution in [-0.2, 0) is 6.42 Å². The number of nitriles is 1. The van der Waals surface area contributed by atoms with Crippen LogP contribution in [0.4, 0.5) is 0 Å². The van der Waals surface area contributed by atoms with Crippen molar-refractivity contribution in [1.82, 2.24) is 0 Å². The monoisotopic (exact) mass is 247 g/mol. The fourth-order valence-corrected chi connectivity index (χ4v) is 3.66. The average molecular weight is 247 g/mol. The number of ketones is 1. The van der Waals surface area contributed by atoms with Crippen LogP contribution in [0.15, 0.2) is 0 Å². The first-order chi connectivity index (χ1) is 7.85. The predicted molar refractivity (Wildman–Crippen MR) is 69.6 cm³/mol. The van der Waals surface area contributed by atoms with Gasteiger partial charge in [-0.1, -0.05) is 27.7 Å². The molecule has 1 heterocycles. The first-order valence-electron chi connectivity index (χ1n) is 5.94. The third-order valence-electron chi connectivity index (χ3n) is 3.23. The Morgan fingerprint density at radius 1 is 1.35 bits per heavy atom. The Hall–Kier alpha value is -1.14. The molecule has 0 radical (unpaired) electrons. The van der Waals surface area contributed by atoms with E-state index in [0.29, 0.717) is 12.3 Å². The first-order valence-corrected chi connectivity index (χ1v) is 6.76. The van der Waals surface area contributed by atoms with Gasteiger partial charge in [0.2, 0.25) is 0 Å². The van der Waals surface area contributed by atoms with Crippen LogP contribution in [0.5, 0.6) is 0 Å². The van der Waals surface area contributed by atoms with Gasteiger partial charge in [0.15, 0.2) is 5.78 Å². The van der Waals surface area contributed by atoms with Crippen LogP contribution >= 0.6 is 11.3 Å². The Morgan fingerprint density at radius 2 is 2.00 bits per heavy atom. The van der Waals surface area contributed by atoms with E-state index in [1.54, 1.807) is 0 Å². The maximum atomic E-state index is 12.3. The zero-order valence-corrected chi connectivity index (χ0v) is 11.6. The zero-order valence-electron chi connectivity index (χ0n) is 10.8. The lowest BCUT2D eigenvalue weighted by Crippen LogP contribution is -2.27. The maximum absolute atomic E-state index is 12.3. The van der Waals surface area contributed by atoms with Gasteiger partial charge in [0.05, 0.1) is 0 Å². The number of carbonyl (C=O) groups is 1. The maximum Gasteiger partial charge on any atom is 0.164 e. The Balaban J connectivity index is 2.65. The molecule has 17 heavy (non-hydrogen) atoms. The molecular weight excluding hydrogens is 230 g/mol. The lowest BCUT2D eigenvalue weighted by molar-refractivity contribution is 0.0912. The van der Waals surface area contributed by atoms with Crippen LogP contribution < -0.4 is 0 Å². The molecule has 0 N–H and O–H groups in total. The van der Waals surface area contributed by atoms with E-state index in [-0.39, 0.29) is 11.2 Å². The van der Waals surface area contributed by atoms with Crippen molar-refractivity contribution in [1.29, 1.82) is 5.26 Å². The van der Waals surface area contributed by atoms with Crippen molar-refractivity contribution in [3.8, 4) is 6.07 Å². The van der Waals surface area contributed by atoms with E-state index in [4.69, 9.17) is 0 Å². The number of thiophene rings is 1. The van der Waals surface area contributed by atoms with E-state index in [1.807, 2.05) is 0 Å². The number of carbonyl (C=O) groups excluding carboxylic acids is 1. The van der Waals surface area contributed by atoms with Crippen LogP contribution in [-0.4, -0.2) is 5.78 Å². The van der Waals surface area contributed by atoms with Crippen molar-refractivity contribution < 1.29 is 4.79 Å². The molecule has 1 aliphatic rings. The summed E-state index contributed by atoms with van der Waals surface area (Å²) in [5.41, 5.74) is 1.86. The molecule has 0 saturated heterocycles. The summed E-state index contributed by atoms with van der Waals surface area (Å²) >= 11 is 1.51. The second-order valence-electron chi connectivity index (χ2n) is 5.86. The van der Waals surface area contributed by atoms with E-state index in [9.17, 15) is 10.1 Å². The smallest absolute Gasteiger partial charge is 0.164 e. The zero-order chi connectivity index (χ0) is 12.8. The van der Waals surface area contributed by atoms with Crippen LogP contribution in [0.2, 0.25) is 0 Å². The number of Topliss-reactive ketones (excluding diaryl/α,β-unsaturated/α-hetero) is 1. The van der Waals surface area contributed by atoms with Gasteiger partial charge in [0.1, 0.15) is 10.9 Å². The second kappa shape index (κ2) is 3.96. The first kappa shape index (κ1) is 12.3. The van der Waals surface area contributed by atoms with Crippen molar-refractivity contribution in [3.05, 3.63) is 20.9 Å². The lowest BCUT2D eigenvalue weighted by Gasteiger charge is -2.29. The third kappa shape index (κ3) is 2.02. The number of nitrogens with zero attached hydrogens (tertiary/aromatic N) is 1. The molecule has 0 aliphatic heterocycles. The van der Waals surface area contributed by atoms with E-state index in [0.717, 1.165) is 27.3 Å². The quantitative estimate of drug-likeness (QED) is 0.755. The largest absolute Gasteiger partial charge is 0.294 e. The molecule has 0 bridgehead atoms. The summed E-state index contributed by atoms with van der Waals surface area (Å²) in [6.07, 6.45) is 1.45. The van der Waals surface area contributed by atoms with Gasteiger partial charge in [-0.15, -0.1) is 11.3 Å². The van der Waals surface area contributed by atoms with Crippen molar-refractivity contribution in [2.75, 3.05) is 0 Å². The lowest BCUT2D eigenvalue weighted by atomic mass is 9.73. The molecule has 1 aromatic rings. The molecule has 1 aliphatic carbocycles.